The Bertz CT molecular complexity index is 932. The number of nitrogens with zero attached hydrogens (tertiary/aromatic N) is 1. The van der Waals surface area contributed by atoms with Crippen LogP contribution in [0.1, 0.15) is 23.5 Å². The molecule has 2 N–H and O–H groups in total. The molecule has 122 valence electrons. The molecule has 1 aromatic heterocycles. The maximum absolute atomic E-state index is 12.2. The van der Waals surface area contributed by atoms with E-state index in [2.05, 4.69) is 15.5 Å². The van der Waals surface area contributed by atoms with Crippen molar-refractivity contribution in [3.05, 3.63) is 47.7 Å². The molecule has 1 unspecified atom stereocenters. The Labute approximate surface area is 138 Å². The lowest BCUT2D eigenvalue weighted by Crippen LogP contribution is -2.24. The second-order valence-electron chi connectivity index (χ2n) is 5.77. The summed E-state index contributed by atoms with van der Waals surface area (Å²) in [6.45, 7) is 0. The molecule has 4 rings (SSSR count). The molecule has 0 spiro atoms. The number of benzene rings is 2. The van der Waals surface area contributed by atoms with Crippen LogP contribution < -0.4 is 14.8 Å². The lowest BCUT2D eigenvalue weighted by atomic mass is 9.83. The van der Waals surface area contributed by atoms with E-state index in [1.807, 2.05) is 30.3 Å². The Balaban J connectivity index is 1.94. The maximum Gasteiger partial charge on any atom is 0.225 e. The number of methoxy groups -OCH3 is 2. The number of rotatable bonds is 3. The van der Waals surface area contributed by atoms with E-state index in [1.54, 1.807) is 20.4 Å². The van der Waals surface area contributed by atoms with Gasteiger partial charge in [0.1, 0.15) is 11.5 Å². The quantitative estimate of drug-likeness (QED) is 0.777. The summed E-state index contributed by atoms with van der Waals surface area (Å²) < 4.78 is 10.8. The Hall–Kier alpha value is -3.02. The molecule has 24 heavy (non-hydrogen) atoms. The third-order valence-corrected chi connectivity index (χ3v) is 4.49. The number of aromatic nitrogens is 2. The number of H-pyrrole nitrogens is 1. The fourth-order valence-electron chi connectivity index (χ4n) is 3.37. The van der Waals surface area contributed by atoms with E-state index < -0.39 is 0 Å². The Morgan fingerprint density at radius 3 is 2.83 bits per heavy atom. The third kappa shape index (κ3) is 2.19. The zero-order valence-electron chi connectivity index (χ0n) is 13.4. The molecule has 0 radical (unpaired) electrons. The van der Waals surface area contributed by atoms with Gasteiger partial charge in [0.05, 0.1) is 25.9 Å². The fraction of sp³-hybridized carbons (Fsp3) is 0.222. The van der Waals surface area contributed by atoms with Crippen molar-refractivity contribution in [3.8, 4) is 11.5 Å². The lowest BCUT2D eigenvalue weighted by Gasteiger charge is -2.27. The maximum atomic E-state index is 12.2. The van der Waals surface area contributed by atoms with Crippen LogP contribution in [0.3, 0.4) is 0 Å². The molecule has 1 aliphatic rings. The van der Waals surface area contributed by atoms with E-state index in [-0.39, 0.29) is 11.8 Å². The van der Waals surface area contributed by atoms with Gasteiger partial charge in [-0.15, -0.1) is 0 Å². The second-order valence-corrected chi connectivity index (χ2v) is 5.77. The highest BCUT2D eigenvalue weighted by atomic mass is 16.5. The topological polar surface area (TPSA) is 76.2 Å². The number of hydrogen-bond donors (Lipinski definition) is 2. The third-order valence-electron chi connectivity index (χ3n) is 4.49. The molecular formula is C18H17N3O3. The summed E-state index contributed by atoms with van der Waals surface area (Å²) in [4.78, 5) is 12.2. The van der Waals surface area contributed by atoms with Gasteiger partial charge in [0, 0.05) is 40.6 Å². The van der Waals surface area contributed by atoms with Crippen LogP contribution in [0.5, 0.6) is 11.5 Å². The van der Waals surface area contributed by atoms with Crippen LogP contribution in [0.25, 0.3) is 10.9 Å². The molecule has 1 aliphatic heterocycles. The minimum Gasteiger partial charge on any atom is -0.497 e. The second kappa shape index (κ2) is 5.56. The first-order chi connectivity index (χ1) is 11.7. The number of nitrogens with one attached hydrogen (secondary N) is 2. The number of anilines is 1. The van der Waals surface area contributed by atoms with Crippen LogP contribution in [0.2, 0.25) is 0 Å². The van der Waals surface area contributed by atoms with Crippen molar-refractivity contribution in [1.82, 2.24) is 10.2 Å². The number of hydrogen-bond acceptors (Lipinski definition) is 4. The average molecular weight is 323 g/mol. The number of carbonyl (C=O) groups excluding carboxylic acids is 1. The molecule has 2 aromatic carbocycles. The number of ether oxygens (including phenoxy) is 2. The minimum atomic E-state index is -0.112. The van der Waals surface area contributed by atoms with E-state index in [1.165, 1.54) is 0 Å². The van der Waals surface area contributed by atoms with E-state index in [4.69, 9.17) is 9.47 Å². The smallest absolute Gasteiger partial charge is 0.225 e. The van der Waals surface area contributed by atoms with Crippen molar-refractivity contribution in [1.29, 1.82) is 0 Å². The molecule has 6 nitrogen and oxygen atoms in total. The van der Waals surface area contributed by atoms with Crippen molar-refractivity contribution >= 4 is 22.5 Å². The van der Waals surface area contributed by atoms with Crippen molar-refractivity contribution in [2.24, 2.45) is 0 Å². The predicted molar refractivity (Wildman–Crippen MR) is 90.7 cm³/mol. The minimum absolute atomic E-state index is 0.00997. The number of fused-ring (bicyclic) bond motifs is 3. The highest BCUT2D eigenvalue weighted by Crippen LogP contribution is 2.44. The fourth-order valence-corrected chi connectivity index (χ4v) is 3.37. The van der Waals surface area contributed by atoms with Crippen LogP contribution in [0, 0.1) is 0 Å². The van der Waals surface area contributed by atoms with Gasteiger partial charge in [-0.1, -0.05) is 6.07 Å². The first-order valence-corrected chi connectivity index (χ1v) is 7.69. The molecule has 6 heteroatoms. The van der Waals surface area contributed by atoms with E-state index >= 15 is 0 Å². The average Bonchev–Trinajstić information content (AvgIpc) is 3.09. The number of aromatic amines is 1. The van der Waals surface area contributed by atoms with Gasteiger partial charge in [0.15, 0.2) is 0 Å². The van der Waals surface area contributed by atoms with Crippen LogP contribution in [-0.2, 0) is 4.79 Å². The molecule has 2 heterocycles. The first-order valence-electron chi connectivity index (χ1n) is 7.69. The SMILES string of the molecule is COc1ccc(C2CC(=O)Nc3ccc4cn[nH]c4c32)c(OC)c1. The summed E-state index contributed by atoms with van der Waals surface area (Å²) >= 11 is 0. The van der Waals surface area contributed by atoms with Crippen molar-refractivity contribution in [3.63, 3.8) is 0 Å². The van der Waals surface area contributed by atoms with Crippen LogP contribution >= 0.6 is 0 Å². The Kier molecular flexibility index (Phi) is 3.37. The molecule has 0 saturated heterocycles. The van der Waals surface area contributed by atoms with Crippen LogP contribution in [0.4, 0.5) is 5.69 Å². The van der Waals surface area contributed by atoms with Crippen molar-refractivity contribution in [2.75, 3.05) is 19.5 Å². The molecule has 1 atom stereocenters. The van der Waals surface area contributed by atoms with Gasteiger partial charge >= 0.3 is 0 Å². The normalized spacial score (nSPS) is 16.6. The number of carbonyl (C=O) groups is 1. The van der Waals surface area contributed by atoms with Crippen molar-refractivity contribution in [2.45, 2.75) is 12.3 Å². The van der Waals surface area contributed by atoms with Gasteiger partial charge in [0.25, 0.3) is 0 Å². The summed E-state index contributed by atoms with van der Waals surface area (Å²) in [5.74, 6) is 1.30. The van der Waals surface area contributed by atoms with E-state index in [0.29, 0.717) is 12.2 Å². The summed E-state index contributed by atoms with van der Waals surface area (Å²) in [7, 11) is 3.24. The van der Waals surface area contributed by atoms with Gasteiger partial charge in [-0.3, -0.25) is 9.89 Å². The molecule has 0 aliphatic carbocycles. The van der Waals surface area contributed by atoms with Gasteiger partial charge in [0.2, 0.25) is 5.91 Å². The summed E-state index contributed by atoms with van der Waals surface area (Å²) in [6, 6.07) is 9.56. The highest BCUT2D eigenvalue weighted by Gasteiger charge is 2.31. The Morgan fingerprint density at radius 2 is 2.04 bits per heavy atom. The zero-order valence-corrected chi connectivity index (χ0v) is 13.4. The van der Waals surface area contributed by atoms with Gasteiger partial charge in [-0.25, -0.2) is 0 Å². The zero-order chi connectivity index (χ0) is 16.7. The molecule has 3 aromatic rings. The molecule has 1 amide bonds. The van der Waals surface area contributed by atoms with E-state index in [9.17, 15) is 4.79 Å². The first kappa shape index (κ1) is 14.6. The monoisotopic (exact) mass is 323 g/mol. The molecule has 0 saturated carbocycles. The van der Waals surface area contributed by atoms with Gasteiger partial charge < -0.3 is 14.8 Å². The van der Waals surface area contributed by atoms with Crippen molar-refractivity contribution < 1.29 is 14.3 Å². The lowest BCUT2D eigenvalue weighted by molar-refractivity contribution is -0.116. The summed E-state index contributed by atoms with van der Waals surface area (Å²) in [5, 5.41) is 11.2. The largest absolute Gasteiger partial charge is 0.497 e. The van der Waals surface area contributed by atoms with E-state index in [0.717, 1.165) is 33.5 Å². The standard InChI is InChI=1S/C18H17N3O3/c1-23-11-4-5-12(15(7-11)24-2)13-8-16(22)20-14-6-3-10-9-19-21-18(10)17(13)14/h3-7,9,13H,8H2,1-2H3,(H,19,21)(H,20,22). The molecular weight excluding hydrogens is 306 g/mol. The number of amides is 1. The van der Waals surface area contributed by atoms with Crippen LogP contribution in [0.15, 0.2) is 36.5 Å². The summed E-state index contributed by atoms with van der Waals surface area (Å²) in [6.07, 6.45) is 2.14. The molecule has 0 bridgehead atoms. The van der Waals surface area contributed by atoms with Gasteiger partial charge in [-0.2, -0.15) is 5.10 Å². The Morgan fingerprint density at radius 1 is 1.17 bits per heavy atom. The highest BCUT2D eigenvalue weighted by molar-refractivity contribution is 6.00. The van der Waals surface area contributed by atoms with Crippen LogP contribution in [-0.4, -0.2) is 30.3 Å². The summed E-state index contributed by atoms with van der Waals surface area (Å²) in [5.41, 5.74) is 3.74. The predicted octanol–water partition coefficient (Wildman–Crippen LogP) is 3.05. The molecule has 0 fully saturated rings. The van der Waals surface area contributed by atoms with Gasteiger partial charge in [-0.05, 0) is 18.2 Å².